The van der Waals surface area contributed by atoms with Crippen LogP contribution in [0.4, 0.5) is 8.78 Å². The summed E-state index contributed by atoms with van der Waals surface area (Å²) in [5.41, 5.74) is 7.70. The SMILES string of the molecule is Cc1ccc(-c2ccc(F)c(F)c2)cc1/C(C=O)=C(\O)C1(N)CCOCC1. The van der Waals surface area contributed by atoms with E-state index >= 15 is 0 Å². The van der Waals surface area contributed by atoms with Gasteiger partial charge in [0.1, 0.15) is 5.76 Å². The monoisotopic (exact) mass is 373 g/mol. The molecule has 27 heavy (non-hydrogen) atoms. The standard InChI is InChI=1S/C21H21F2NO3/c1-13-2-3-14(15-4-5-18(22)19(23)11-15)10-16(13)17(12-25)20(26)21(24)6-8-27-9-7-21/h2-5,10-12,26H,6-9,24H2,1H3/b20-17-. The normalized spacial score (nSPS) is 17.3. The number of carbonyl (C=O) groups excluding carboxylic acids is 1. The number of hydrogen-bond acceptors (Lipinski definition) is 4. The number of halogens is 2. The van der Waals surface area contributed by atoms with Crippen LogP contribution in [0.1, 0.15) is 24.0 Å². The largest absolute Gasteiger partial charge is 0.510 e. The number of ether oxygens (including phenoxy) is 1. The Bertz CT molecular complexity index is 902. The van der Waals surface area contributed by atoms with E-state index in [0.717, 1.165) is 17.7 Å². The molecule has 1 fully saturated rings. The van der Waals surface area contributed by atoms with Gasteiger partial charge in [-0.05, 0) is 60.2 Å². The highest BCUT2D eigenvalue weighted by Crippen LogP contribution is 2.33. The smallest absolute Gasteiger partial charge is 0.159 e. The summed E-state index contributed by atoms with van der Waals surface area (Å²) in [6.07, 6.45) is 1.38. The zero-order valence-electron chi connectivity index (χ0n) is 15.0. The van der Waals surface area contributed by atoms with Crippen molar-refractivity contribution in [3.8, 4) is 11.1 Å². The van der Waals surface area contributed by atoms with Gasteiger partial charge in [-0.15, -0.1) is 0 Å². The first-order chi connectivity index (χ1) is 12.9. The molecule has 0 aliphatic carbocycles. The Morgan fingerprint density at radius 3 is 2.37 bits per heavy atom. The average Bonchev–Trinajstić information content (AvgIpc) is 2.66. The molecule has 0 unspecified atom stereocenters. The minimum absolute atomic E-state index is 0.0985. The number of allylic oxidation sites excluding steroid dienone is 1. The molecule has 142 valence electrons. The van der Waals surface area contributed by atoms with Crippen LogP contribution in [0.5, 0.6) is 0 Å². The van der Waals surface area contributed by atoms with Gasteiger partial charge < -0.3 is 15.6 Å². The van der Waals surface area contributed by atoms with Gasteiger partial charge >= 0.3 is 0 Å². The molecule has 1 saturated heterocycles. The predicted octanol–water partition coefficient (Wildman–Crippen LogP) is 3.92. The van der Waals surface area contributed by atoms with Crippen LogP contribution < -0.4 is 5.73 Å². The molecule has 2 aromatic carbocycles. The number of nitrogens with two attached hydrogens (primary N) is 1. The summed E-state index contributed by atoms with van der Waals surface area (Å²) < 4.78 is 32.1. The van der Waals surface area contributed by atoms with E-state index in [4.69, 9.17) is 10.5 Å². The summed E-state index contributed by atoms with van der Waals surface area (Å²) in [6, 6.07) is 8.78. The molecule has 0 amide bonds. The van der Waals surface area contributed by atoms with Gasteiger partial charge in [0.25, 0.3) is 0 Å². The molecular weight excluding hydrogens is 352 g/mol. The predicted molar refractivity (Wildman–Crippen MR) is 99.1 cm³/mol. The summed E-state index contributed by atoms with van der Waals surface area (Å²) in [6.45, 7) is 2.61. The molecule has 2 aromatic rings. The quantitative estimate of drug-likeness (QED) is 0.484. The first kappa shape index (κ1) is 19.2. The summed E-state index contributed by atoms with van der Waals surface area (Å²) in [4.78, 5) is 11.8. The molecule has 6 heteroatoms. The van der Waals surface area contributed by atoms with Crippen LogP contribution in [0.25, 0.3) is 16.7 Å². The minimum Gasteiger partial charge on any atom is -0.510 e. The van der Waals surface area contributed by atoms with Crippen LogP contribution in [0.15, 0.2) is 42.2 Å². The second-order valence-electron chi connectivity index (χ2n) is 6.81. The number of aliphatic hydroxyl groups excluding tert-OH is 1. The topological polar surface area (TPSA) is 72.5 Å². The third-order valence-electron chi connectivity index (χ3n) is 5.01. The van der Waals surface area contributed by atoms with Crippen LogP contribution in [-0.2, 0) is 9.53 Å². The Hall–Kier alpha value is -2.57. The zero-order chi connectivity index (χ0) is 19.6. The zero-order valence-corrected chi connectivity index (χ0v) is 15.0. The maximum absolute atomic E-state index is 13.6. The van der Waals surface area contributed by atoms with E-state index in [0.29, 0.717) is 49.0 Å². The van der Waals surface area contributed by atoms with E-state index in [-0.39, 0.29) is 11.3 Å². The van der Waals surface area contributed by atoms with Crippen LogP contribution in [0.2, 0.25) is 0 Å². The van der Waals surface area contributed by atoms with Crippen molar-refractivity contribution >= 4 is 11.9 Å². The lowest BCUT2D eigenvalue weighted by atomic mass is 9.84. The van der Waals surface area contributed by atoms with Crippen molar-refractivity contribution in [2.45, 2.75) is 25.3 Å². The van der Waals surface area contributed by atoms with E-state index in [1.807, 2.05) is 0 Å². The molecule has 1 aliphatic rings. The van der Waals surface area contributed by atoms with E-state index in [1.54, 1.807) is 25.1 Å². The molecule has 0 aromatic heterocycles. The highest BCUT2D eigenvalue weighted by molar-refractivity contribution is 6.09. The summed E-state index contributed by atoms with van der Waals surface area (Å²) in [7, 11) is 0. The maximum Gasteiger partial charge on any atom is 0.159 e. The van der Waals surface area contributed by atoms with Crippen molar-refractivity contribution in [2.24, 2.45) is 5.73 Å². The third-order valence-corrected chi connectivity index (χ3v) is 5.01. The molecule has 4 nitrogen and oxygen atoms in total. The van der Waals surface area contributed by atoms with Gasteiger partial charge in [0, 0.05) is 13.2 Å². The summed E-state index contributed by atoms with van der Waals surface area (Å²) in [5, 5.41) is 10.8. The van der Waals surface area contributed by atoms with Crippen molar-refractivity contribution in [1.82, 2.24) is 0 Å². The van der Waals surface area contributed by atoms with E-state index < -0.39 is 17.2 Å². The molecule has 0 radical (unpaired) electrons. The van der Waals surface area contributed by atoms with E-state index in [2.05, 4.69) is 0 Å². The van der Waals surface area contributed by atoms with Crippen molar-refractivity contribution in [3.63, 3.8) is 0 Å². The van der Waals surface area contributed by atoms with Crippen molar-refractivity contribution in [1.29, 1.82) is 0 Å². The Labute approximate surface area is 156 Å². The molecular formula is C21H21F2NO3. The van der Waals surface area contributed by atoms with Gasteiger partial charge in [-0.2, -0.15) is 0 Å². The van der Waals surface area contributed by atoms with Crippen LogP contribution >= 0.6 is 0 Å². The Morgan fingerprint density at radius 2 is 1.74 bits per heavy atom. The number of benzene rings is 2. The molecule has 0 spiro atoms. The van der Waals surface area contributed by atoms with E-state index in [1.165, 1.54) is 6.07 Å². The van der Waals surface area contributed by atoms with Crippen molar-refractivity contribution < 1.29 is 23.4 Å². The number of hydrogen-bond donors (Lipinski definition) is 2. The number of aryl methyl sites for hydroxylation is 1. The number of aliphatic hydroxyl groups is 1. The average molecular weight is 373 g/mol. The lowest BCUT2D eigenvalue weighted by molar-refractivity contribution is -0.103. The highest BCUT2D eigenvalue weighted by Gasteiger charge is 2.35. The minimum atomic E-state index is -1.03. The van der Waals surface area contributed by atoms with Crippen molar-refractivity contribution in [3.05, 3.63) is 64.9 Å². The number of rotatable bonds is 4. The molecule has 0 atom stereocenters. The fourth-order valence-electron chi connectivity index (χ4n) is 3.25. The second kappa shape index (κ2) is 7.58. The molecule has 1 aliphatic heterocycles. The number of carbonyl (C=O) groups is 1. The fourth-order valence-corrected chi connectivity index (χ4v) is 3.25. The molecule has 0 bridgehead atoms. The first-order valence-electron chi connectivity index (χ1n) is 8.68. The van der Waals surface area contributed by atoms with Crippen molar-refractivity contribution in [2.75, 3.05) is 13.2 Å². The van der Waals surface area contributed by atoms with Gasteiger partial charge in [-0.1, -0.05) is 18.2 Å². The lowest BCUT2D eigenvalue weighted by Gasteiger charge is -2.33. The fraction of sp³-hybridized carbons (Fsp3) is 0.286. The molecule has 3 N–H and O–H groups in total. The Kier molecular flexibility index (Phi) is 5.39. The third kappa shape index (κ3) is 3.77. The van der Waals surface area contributed by atoms with Crippen LogP contribution in [0, 0.1) is 18.6 Å². The Balaban J connectivity index is 2.10. The van der Waals surface area contributed by atoms with E-state index in [9.17, 15) is 18.7 Å². The van der Waals surface area contributed by atoms with Gasteiger partial charge in [0.15, 0.2) is 17.9 Å². The first-order valence-corrected chi connectivity index (χ1v) is 8.68. The highest BCUT2D eigenvalue weighted by atomic mass is 19.2. The van der Waals surface area contributed by atoms with Crippen LogP contribution in [0.3, 0.4) is 0 Å². The Morgan fingerprint density at radius 1 is 1.11 bits per heavy atom. The van der Waals surface area contributed by atoms with Gasteiger partial charge in [0.05, 0.1) is 11.1 Å². The summed E-state index contributed by atoms with van der Waals surface area (Å²) >= 11 is 0. The summed E-state index contributed by atoms with van der Waals surface area (Å²) in [5.74, 6) is -2.06. The maximum atomic E-state index is 13.6. The van der Waals surface area contributed by atoms with Gasteiger partial charge in [-0.25, -0.2) is 8.78 Å². The molecule has 0 saturated carbocycles. The number of aldehydes is 1. The molecule has 1 heterocycles. The van der Waals surface area contributed by atoms with Gasteiger partial charge in [-0.3, -0.25) is 4.79 Å². The second-order valence-corrected chi connectivity index (χ2v) is 6.81. The lowest BCUT2D eigenvalue weighted by Crippen LogP contribution is -2.47. The van der Waals surface area contributed by atoms with Gasteiger partial charge in [0.2, 0.25) is 0 Å². The molecule has 3 rings (SSSR count). The van der Waals surface area contributed by atoms with Crippen LogP contribution in [-0.4, -0.2) is 30.1 Å².